The Morgan fingerprint density at radius 2 is 1.27 bits per heavy atom. The van der Waals surface area contributed by atoms with Crippen LogP contribution in [-0.4, -0.2) is 74.6 Å². The topological polar surface area (TPSA) is 61.9 Å². The Morgan fingerprint density at radius 3 is 1.61 bits per heavy atom. The molecule has 0 saturated carbocycles. The van der Waals surface area contributed by atoms with Crippen LogP contribution in [0.3, 0.4) is 0 Å². The van der Waals surface area contributed by atoms with Gasteiger partial charge in [0, 0.05) is 30.6 Å². The third-order valence-electron chi connectivity index (χ3n) is 7.16. The van der Waals surface area contributed by atoms with Gasteiger partial charge in [0.25, 0.3) is 0 Å². The first-order chi connectivity index (χ1) is 19.1. The van der Waals surface area contributed by atoms with Crippen molar-refractivity contribution in [2.75, 3.05) is 64.3 Å². The van der Waals surface area contributed by atoms with E-state index in [0.29, 0.717) is 29.9 Å². The quantitative estimate of drug-likeness (QED) is 0.166. The van der Waals surface area contributed by atoms with Gasteiger partial charge in [-0.1, -0.05) is 94.0 Å². The molecule has 7 heteroatoms. The second-order valence-corrected chi connectivity index (χ2v) is 13.5. The molecule has 0 spiro atoms. The first-order valence-electron chi connectivity index (χ1n) is 15.9. The SMILES string of the molecule is CC1=C(C(C)(C)C)C(=O)C1.CCCN(CC)CCC.CCCN(CC)CCOCCNc1c(C(C)(C)C)c(=O)c1=S. The fourth-order valence-electron chi connectivity index (χ4n) is 5.23. The van der Waals surface area contributed by atoms with E-state index in [2.05, 4.69) is 70.5 Å². The third-order valence-corrected chi connectivity index (χ3v) is 7.55. The van der Waals surface area contributed by atoms with E-state index >= 15 is 0 Å². The number of hydrogen-bond acceptors (Lipinski definition) is 7. The van der Waals surface area contributed by atoms with Crippen LogP contribution >= 0.6 is 12.2 Å². The molecule has 0 saturated heterocycles. The highest BCUT2D eigenvalue weighted by molar-refractivity contribution is 7.71. The van der Waals surface area contributed by atoms with Gasteiger partial charge in [0.15, 0.2) is 5.78 Å². The summed E-state index contributed by atoms with van der Waals surface area (Å²) in [6.07, 6.45) is 4.43. The molecule has 0 atom stereocenters. The molecule has 0 amide bonds. The van der Waals surface area contributed by atoms with Gasteiger partial charge in [-0.3, -0.25) is 9.59 Å². The van der Waals surface area contributed by atoms with Crippen molar-refractivity contribution in [3.63, 3.8) is 0 Å². The number of likely N-dealkylation sites (N-methyl/N-ethyl adjacent to an activating group) is 1. The van der Waals surface area contributed by atoms with Gasteiger partial charge < -0.3 is 19.9 Å². The van der Waals surface area contributed by atoms with Crippen molar-refractivity contribution in [3.05, 3.63) is 31.4 Å². The standard InChI is InChI=1S/C17H30N2O2S.C9H14O.C8H19N/c1-6-9-19(7-2)10-12-21-11-8-18-14-13(17(3,4)5)15(20)16(14)22;1-6-5-7(10)8(6)9(2,3)4;1-4-7-9(6-3)8-5-2/h18H,6-12H2,1-5H3;5H2,1-4H3;4-8H2,1-3H3. The zero-order valence-corrected chi connectivity index (χ0v) is 29.5. The highest BCUT2D eigenvalue weighted by atomic mass is 32.1. The average molecular weight is 594 g/mol. The summed E-state index contributed by atoms with van der Waals surface area (Å²) in [4.78, 5) is 27.7. The summed E-state index contributed by atoms with van der Waals surface area (Å²) in [5.74, 6) is 0.338. The van der Waals surface area contributed by atoms with Gasteiger partial charge in [0.2, 0.25) is 5.43 Å². The van der Waals surface area contributed by atoms with E-state index < -0.39 is 0 Å². The first kappa shape index (κ1) is 39.6. The summed E-state index contributed by atoms with van der Waals surface area (Å²) >= 11 is 5.14. The van der Waals surface area contributed by atoms with Crippen LogP contribution in [-0.2, 0) is 14.9 Å². The molecule has 238 valence electrons. The lowest BCUT2D eigenvalue weighted by Gasteiger charge is -2.30. The summed E-state index contributed by atoms with van der Waals surface area (Å²) in [5.41, 5.74) is 3.91. The van der Waals surface area contributed by atoms with Gasteiger partial charge in [-0.25, -0.2) is 0 Å². The van der Waals surface area contributed by atoms with Gasteiger partial charge in [-0.15, -0.1) is 0 Å². The molecule has 0 bridgehead atoms. The second-order valence-electron chi connectivity index (χ2n) is 13.1. The second kappa shape index (κ2) is 19.7. The number of Topliss-reactive ketones (excluding diaryl/α,β-unsaturated/α-hetero) is 1. The van der Waals surface area contributed by atoms with Gasteiger partial charge in [-0.05, 0) is 69.7 Å². The molecule has 1 aromatic rings. The van der Waals surface area contributed by atoms with Gasteiger partial charge >= 0.3 is 0 Å². The normalized spacial score (nSPS) is 13.7. The van der Waals surface area contributed by atoms with Crippen LogP contribution in [0.5, 0.6) is 0 Å². The van der Waals surface area contributed by atoms with Crippen LogP contribution in [0, 0.1) is 9.93 Å². The third kappa shape index (κ3) is 14.1. The Kier molecular flexibility index (Phi) is 19.0. The summed E-state index contributed by atoms with van der Waals surface area (Å²) < 4.78 is 6.09. The lowest BCUT2D eigenvalue weighted by atomic mass is 9.73. The predicted octanol–water partition coefficient (Wildman–Crippen LogP) is 7.56. The monoisotopic (exact) mass is 593 g/mol. The molecule has 0 aromatic heterocycles. The van der Waals surface area contributed by atoms with E-state index in [1.54, 1.807) is 0 Å². The molecule has 41 heavy (non-hydrogen) atoms. The number of hydrogen-bond donors (Lipinski definition) is 1. The molecule has 1 aliphatic carbocycles. The Balaban J connectivity index is 0.000000692. The molecule has 0 heterocycles. The summed E-state index contributed by atoms with van der Waals surface area (Å²) in [6.45, 7) is 34.4. The summed E-state index contributed by atoms with van der Waals surface area (Å²) in [5, 5.41) is 3.26. The molecule has 1 aliphatic rings. The maximum atomic E-state index is 11.8. The van der Waals surface area contributed by atoms with Crippen molar-refractivity contribution in [2.45, 2.75) is 114 Å². The van der Waals surface area contributed by atoms with Crippen molar-refractivity contribution in [3.8, 4) is 0 Å². The molecule has 2 rings (SSSR count). The number of nitrogens with one attached hydrogen (secondary N) is 1. The largest absolute Gasteiger partial charge is 0.381 e. The predicted molar refractivity (Wildman–Crippen MR) is 181 cm³/mol. The minimum atomic E-state index is -0.162. The van der Waals surface area contributed by atoms with E-state index in [1.165, 1.54) is 44.5 Å². The number of ketones is 1. The molecule has 1 N–H and O–H groups in total. The van der Waals surface area contributed by atoms with Crippen LogP contribution in [0.4, 0.5) is 5.69 Å². The maximum Gasteiger partial charge on any atom is 0.204 e. The van der Waals surface area contributed by atoms with Crippen molar-refractivity contribution in [1.82, 2.24) is 9.80 Å². The molecule has 0 fully saturated rings. The van der Waals surface area contributed by atoms with Crippen molar-refractivity contribution in [1.29, 1.82) is 0 Å². The number of allylic oxidation sites excluding steroid dienone is 2. The molecular weight excluding hydrogens is 530 g/mol. The molecule has 6 nitrogen and oxygen atoms in total. The lowest BCUT2D eigenvalue weighted by molar-refractivity contribution is -0.117. The lowest BCUT2D eigenvalue weighted by Crippen LogP contribution is -2.32. The van der Waals surface area contributed by atoms with Crippen LogP contribution < -0.4 is 10.7 Å². The fraction of sp³-hybridized carbons (Fsp3) is 0.794. The number of anilines is 1. The Hall–Kier alpha value is -1.41. The number of nitrogens with zero attached hydrogens (tertiary/aromatic N) is 2. The molecular formula is C34H63N3O3S. The van der Waals surface area contributed by atoms with Crippen LogP contribution in [0.2, 0.25) is 0 Å². The highest BCUT2D eigenvalue weighted by Gasteiger charge is 2.32. The van der Waals surface area contributed by atoms with E-state index in [1.807, 2.05) is 27.7 Å². The van der Waals surface area contributed by atoms with E-state index in [4.69, 9.17) is 17.0 Å². The maximum absolute atomic E-state index is 11.8. The first-order valence-corrected chi connectivity index (χ1v) is 16.3. The zero-order valence-electron chi connectivity index (χ0n) is 28.7. The average Bonchev–Trinajstić information content (AvgIpc) is 2.87. The number of rotatable bonds is 15. The summed E-state index contributed by atoms with van der Waals surface area (Å²) in [7, 11) is 0. The molecule has 1 aromatic carbocycles. The Bertz CT molecular complexity index is 988. The summed E-state index contributed by atoms with van der Waals surface area (Å²) in [6, 6.07) is 0. The number of ether oxygens (including phenoxy) is 1. The highest BCUT2D eigenvalue weighted by Crippen LogP contribution is 2.37. The van der Waals surface area contributed by atoms with Gasteiger partial charge in [0.05, 0.1) is 18.9 Å². The Morgan fingerprint density at radius 1 is 0.780 bits per heavy atom. The number of carbonyl (C=O) groups is 1. The van der Waals surface area contributed by atoms with E-state index in [9.17, 15) is 9.59 Å². The van der Waals surface area contributed by atoms with Crippen molar-refractivity contribution >= 4 is 23.7 Å². The van der Waals surface area contributed by atoms with E-state index in [0.717, 1.165) is 43.1 Å². The fourth-order valence-corrected chi connectivity index (χ4v) is 5.51. The molecule has 0 unspecified atom stereocenters. The Labute approximate surface area is 258 Å². The minimum Gasteiger partial charge on any atom is -0.381 e. The smallest absolute Gasteiger partial charge is 0.204 e. The van der Waals surface area contributed by atoms with Crippen molar-refractivity contribution < 1.29 is 9.53 Å². The van der Waals surface area contributed by atoms with Crippen LogP contribution in [0.1, 0.15) is 114 Å². The minimum absolute atomic E-state index is 0.0177. The molecule has 0 radical (unpaired) electrons. The van der Waals surface area contributed by atoms with Gasteiger partial charge in [0.1, 0.15) is 4.51 Å². The molecule has 0 aliphatic heterocycles. The van der Waals surface area contributed by atoms with Gasteiger partial charge in [-0.2, -0.15) is 0 Å². The van der Waals surface area contributed by atoms with Crippen molar-refractivity contribution in [2.24, 2.45) is 5.41 Å². The van der Waals surface area contributed by atoms with Crippen LogP contribution in [0.15, 0.2) is 15.9 Å². The van der Waals surface area contributed by atoms with Crippen LogP contribution in [0.25, 0.3) is 0 Å². The zero-order chi connectivity index (χ0) is 31.8. The van der Waals surface area contributed by atoms with E-state index in [-0.39, 0.29) is 16.3 Å². The number of carbonyl (C=O) groups excluding carboxylic acids is 1.